The van der Waals surface area contributed by atoms with E-state index in [1.54, 1.807) is 23.2 Å². The van der Waals surface area contributed by atoms with Gasteiger partial charge in [-0.3, -0.25) is 15.6 Å². The zero-order chi connectivity index (χ0) is 14.8. The van der Waals surface area contributed by atoms with Crippen LogP contribution < -0.4 is 16.2 Å². The Bertz CT molecular complexity index is 684. The lowest BCUT2D eigenvalue weighted by Gasteiger charge is -2.29. The number of nitrogens with two attached hydrogens (primary N) is 1. The summed E-state index contributed by atoms with van der Waals surface area (Å²) in [4.78, 5) is 18.7. The number of amides is 1. The predicted molar refractivity (Wildman–Crippen MR) is 83.2 cm³/mol. The van der Waals surface area contributed by atoms with Gasteiger partial charge in [0, 0.05) is 18.4 Å². The topological polar surface area (TPSA) is 71.2 Å². The van der Waals surface area contributed by atoms with Crippen molar-refractivity contribution < 1.29 is 4.79 Å². The van der Waals surface area contributed by atoms with Gasteiger partial charge < -0.3 is 10.3 Å². The summed E-state index contributed by atoms with van der Waals surface area (Å²) < 4.78 is 0. The molecule has 0 atom stereocenters. The number of benzene rings is 1. The summed E-state index contributed by atoms with van der Waals surface area (Å²) in [5.41, 5.74) is 7.05. The van der Waals surface area contributed by atoms with Crippen LogP contribution in [-0.4, -0.2) is 17.4 Å². The number of carbonyl (C=O) groups is 1. The Labute approximate surface area is 123 Å². The Balaban J connectivity index is 1.96. The second kappa shape index (κ2) is 5.54. The molecule has 0 spiro atoms. The average molecular weight is 282 g/mol. The van der Waals surface area contributed by atoms with Gasteiger partial charge in [-0.1, -0.05) is 17.7 Å². The molecule has 108 valence electrons. The molecule has 0 radical (unpaired) electrons. The summed E-state index contributed by atoms with van der Waals surface area (Å²) in [7, 11) is 0. The van der Waals surface area contributed by atoms with Gasteiger partial charge in [0.25, 0.3) is 5.91 Å². The minimum atomic E-state index is -0.0862. The van der Waals surface area contributed by atoms with Crippen molar-refractivity contribution in [3.8, 4) is 0 Å². The Morgan fingerprint density at radius 1 is 1.33 bits per heavy atom. The molecule has 2 aromatic rings. The molecule has 0 saturated heterocycles. The van der Waals surface area contributed by atoms with Crippen molar-refractivity contribution in [2.75, 3.05) is 16.9 Å². The minimum Gasteiger partial charge on any atom is -0.324 e. The largest absolute Gasteiger partial charge is 0.324 e. The van der Waals surface area contributed by atoms with E-state index in [1.165, 1.54) is 11.1 Å². The molecular weight excluding hydrogens is 264 g/mol. The zero-order valence-electron chi connectivity index (χ0n) is 12.0. The highest BCUT2D eigenvalue weighted by Crippen LogP contribution is 2.29. The third-order valence-corrected chi connectivity index (χ3v) is 3.74. The van der Waals surface area contributed by atoms with Gasteiger partial charge in [-0.05, 0) is 43.5 Å². The van der Waals surface area contributed by atoms with Gasteiger partial charge in [0.2, 0.25) is 0 Å². The molecule has 0 saturated carbocycles. The van der Waals surface area contributed by atoms with Crippen molar-refractivity contribution in [3.63, 3.8) is 0 Å². The van der Waals surface area contributed by atoms with Crippen LogP contribution in [0.3, 0.4) is 0 Å². The van der Waals surface area contributed by atoms with Gasteiger partial charge in [-0.15, -0.1) is 0 Å². The maximum absolute atomic E-state index is 12.7. The van der Waals surface area contributed by atoms with E-state index in [9.17, 15) is 4.79 Å². The molecule has 2 heterocycles. The van der Waals surface area contributed by atoms with Crippen LogP contribution in [0.1, 0.15) is 28.0 Å². The number of hydrogen-bond donors (Lipinski definition) is 2. The molecular formula is C16H18N4O. The van der Waals surface area contributed by atoms with E-state index in [0.717, 1.165) is 25.1 Å². The summed E-state index contributed by atoms with van der Waals surface area (Å²) >= 11 is 0. The number of nitrogens with zero attached hydrogens (tertiary/aromatic N) is 2. The van der Waals surface area contributed by atoms with Gasteiger partial charge in [0.05, 0.1) is 5.69 Å². The third-order valence-electron chi connectivity index (χ3n) is 3.74. The number of carbonyl (C=O) groups excluding carboxylic acids is 1. The second-order valence-corrected chi connectivity index (χ2v) is 5.27. The minimum absolute atomic E-state index is 0.0862. The highest BCUT2D eigenvalue weighted by Gasteiger charge is 2.24. The Morgan fingerprint density at radius 2 is 2.19 bits per heavy atom. The zero-order valence-corrected chi connectivity index (χ0v) is 12.0. The molecule has 1 amide bonds. The molecule has 3 rings (SSSR count). The van der Waals surface area contributed by atoms with Crippen molar-refractivity contribution >= 4 is 17.3 Å². The maximum Gasteiger partial charge on any atom is 0.276 e. The quantitative estimate of drug-likeness (QED) is 0.655. The monoisotopic (exact) mass is 282 g/mol. The van der Waals surface area contributed by atoms with E-state index in [2.05, 4.69) is 23.4 Å². The van der Waals surface area contributed by atoms with Crippen LogP contribution in [0.15, 0.2) is 36.5 Å². The molecule has 0 aliphatic carbocycles. The van der Waals surface area contributed by atoms with Gasteiger partial charge in [0.1, 0.15) is 5.69 Å². The number of nitrogens with one attached hydrogen (secondary N) is 1. The first-order valence-electron chi connectivity index (χ1n) is 7.03. The number of fused-ring (bicyclic) bond motifs is 1. The normalized spacial score (nSPS) is 13.7. The Kier molecular flexibility index (Phi) is 3.58. The molecule has 1 aromatic carbocycles. The highest BCUT2D eigenvalue weighted by atomic mass is 16.2. The van der Waals surface area contributed by atoms with Crippen LogP contribution in [0, 0.1) is 6.92 Å². The summed E-state index contributed by atoms with van der Waals surface area (Å²) in [6, 6.07) is 9.61. The molecule has 1 aliphatic rings. The van der Waals surface area contributed by atoms with Crippen molar-refractivity contribution in [1.29, 1.82) is 0 Å². The number of nitrogen functional groups attached to an aromatic ring is 1. The number of hydrogen-bond acceptors (Lipinski definition) is 4. The fraction of sp³-hybridized carbons (Fsp3) is 0.250. The SMILES string of the molecule is Cc1ccc2c(c1)CCCN2C(=O)c1cc(NN)ccn1. The van der Waals surface area contributed by atoms with Crippen LogP contribution >= 0.6 is 0 Å². The van der Waals surface area contributed by atoms with E-state index in [1.807, 2.05) is 12.1 Å². The van der Waals surface area contributed by atoms with E-state index in [-0.39, 0.29) is 5.91 Å². The summed E-state index contributed by atoms with van der Waals surface area (Å²) in [6.07, 6.45) is 3.57. The lowest BCUT2D eigenvalue weighted by Crippen LogP contribution is -2.36. The molecule has 5 nitrogen and oxygen atoms in total. The van der Waals surface area contributed by atoms with Gasteiger partial charge in [-0.25, -0.2) is 0 Å². The number of aryl methyl sites for hydroxylation is 2. The van der Waals surface area contributed by atoms with Gasteiger partial charge in [-0.2, -0.15) is 0 Å². The van der Waals surface area contributed by atoms with Crippen LogP contribution in [0.25, 0.3) is 0 Å². The summed E-state index contributed by atoms with van der Waals surface area (Å²) in [5.74, 6) is 5.30. The first kappa shape index (κ1) is 13.6. The first-order valence-corrected chi connectivity index (χ1v) is 7.03. The molecule has 0 bridgehead atoms. The van der Waals surface area contributed by atoms with Crippen molar-refractivity contribution in [3.05, 3.63) is 53.3 Å². The third kappa shape index (κ3) is 2.60. The van der Waals surface area contributed by atoms with Crippen molar-refractivity contribution in [2.24, 2.45) is 5.84 Å². The Hall–Kier alpha value is -2.40. The molecule has 0 fully saturated rings. The fourth-order valence-electron chi connectivity index (χ4n) is 2.71. The Morgan fingerprint density at radius 3 is 3.00 bits per heavy atom. The highest BCUT2D eigenvalue weighted by molar-refractivity contribution is 6.05. The van der Waals surface area contributed by atoms with Gasteiger partial charge >= 0.3 is 0 Å². The molecule has 1 aromatic heterocycles. The van der Waals surface area contributed by atoms with Crippen molar-refractivity contribution in [2.45, 2.75) is 19.8 Å². The van der Waals surface area contributed by atoms with Crippen molar-refractivity contribution in [1.82, 2.24) is 4.98 Å². The number of aromatic nitrogens is 1. The molecule has 3 N–H and O–H groups in total. The summed E-state index contributed by atoms with van der Waals surface area (Å²) in [6.45, 7) is 2.79. The molecule has 1 aliphatic heterocycles. The lowest BCUT2D eigenvalue weighted by molar-refractivity contribution is 0.0980. The van der Waals surface area contributed by atoms with Crippen LogP contribution in [0.4, 0.5) is 11.4 Å². The standard InChI is InChI=1S/C16H18N4O/c1-11-4-5-15-12(9-11)3-2-8-20(15)16(21)14-10-13(19-17)6-7-18-14/h4-7,9-10H,2-3,8,17H2,1H3,(H,18,19). The van der Waals surface area contributed by atoms with E-state index >= 15 is 0 Å². The molecule has 5 heteroatoms. The van der Waals surface area contributed by atoms with Crippen LogP contribution in [0.5, 0.6) is 0 Å². The maximum atomic E-state index is 12.7. The fourth-order valence-corrected chi connectivity index (χ4v) is 2.71. The number of hydrazine groups is 1. The van der Waals surface area contributed by atoms with Gasteiger partial charge in [0.15, 0.2) is 0 Å². The molecule has 21 heavy (non-hydrogen) atoms. The number of anilines is 2. The second-order valence-electron chi connectivity index (χ2n) is 5.27. The number of pyridine rings is 1. The van der Waals surface area contributed by atoms with E-state index in [4.69, 9.17) is 5.84 Å². The smallest absolute Gasteiger partial charge is 0.276 e. The number of rotatable bonds is 2. The average Bonchev–Trinajstić information content (AvgIpc) is 2.53. The van der Waals surface area contributed by atoms with Crippen LogP contribution in [0.2, 0.25) is 0 Å². The van der Waals surface area contributed by atoms with Crippen LogP contribution in [-0.2, 0) is 6.42 Å². The summed E-state index contributed by atoms with van der Waals surface area (Å²) in [5, 5.41) is 0. The van der Waals surface area contributed by atoms with E-state index < -0.39 is 0 Å². The molecule has 0 unspecified atom stereocenters. The predicted octanol–water partition coefficient (Wildman–Crippen LogP) is 2.27. The van der Waals surface area contributed by atoms with E-state index in [0.29, 0.717) is 11.4 Å². The lowest BCUT2D eigenvalue weighted by atomic mass is 9.99. The first-order chi connectivity index (χ1) is 10.2.